The van der Waals surface area contributed by atoms with Crippen molar-refractivity contribution in [3.8, 4) is 0 Å². The predicted octanol–water partition coefficient (Wildman–Crippen LogP) is 3.15. The summed E-state index contributed by atoms with van der Waals surface area (Å²) in [5, 5.41) is 0. The van der Waals surface area contributed by atoms with Crippen LogP contribution in [-0.2, 0) is 6.42 Å². The largest absolute Gasteiger partial charge is 0.298 e. The highest BCUT2D eigenvalue weighted by atomic mass is 15.0. The Hall–Kier alpha value is -2.16. The van der Waals surface area contributed by atoms with E-state index >= 15 is 0 Å². The van der Waals surface area contributed by atoms with Crippen molar-refractivity contribution in [1.82, 2.24) is 14.4 Å². The molecule has 0 saturated heterocycles. The van der Waals surface area contributed by atoms with Crippen molar-refractivity contribution in [2.75, 3.05) is 0 Å². The first-order valence-electron chi connectivity index (χ1n) is 6.26. The van der Waals surface area contributed by atoms with Gasteiger partial charge in [-0.1, -0.05) is 6.08 Å². The molecular formula is C15H13N3. The molecule has 0 unspecified atom stereocenters. The lowest BCUT2D eigenvalue weighted by Crippen LogP contribution is -1.96. The highest BCUT2D eigenvalue weighted by Crippen LogP contribution is 2.26. The van der Waals surface area contributed by atoms with Crippen LogP contribution in [-0.4, -0.2) is 14.4 Å². The van der Waals surface area contributed by atoms with Crippen molar-refractivity contribution in [3.63, 3.8) is 0 Å². The number of rotatable bonds is 0. The van der Waals surface area contributed by atoms with Crippen molar-refractivity contribution in [3.05, 3.63) is 47.6 Å². The number of aryl methyl sites for hydroxylation is 2. The molecule has 3 heteroatoms. The Bertz CT molecular complexity index is 796. The van der Waals surface area contributed by atoms with Crippen LogP contribution in [0.2, 0.25) is 0 Å². The topological polar surface area (TPSA) is 30.2 Å². The van der Waals surface area contributed by atoms with E-state index in [2.05, 4.69) is 32.6 Å². The number of nitrogens with zero attached hydrogens (tertiary/aromatic N) is 3. The van der Waals surface area contributed by atoms with Gasteiger partial charge in [-0.25, -0.2) is 9.97 Å². The van der Waals surface area contributed by atoms with Crippen molar-refractivity contribution in [2.45, 2.75) is 19.8 Å². The second kappa shape index (κ2) is 3.42. The maximum Gasteiger partial charge on any atom is 0.113 e. The van der Waals surface area contributed by atoms with E-state index in [1.54, 1.807) is 0 Å². The molecule has 0 spiro atoms. The molecule has 0 aromatic carbocycles. The second-order valence-electron chi connectivity index (χ2n) is 4.82. The normalized spacial score (nSPS) is 14.3. The third-order valence-corrected chi connectivity index (χ3v) is 3.58. The molecule has 0 N–H and O–H groups in total. The van der Waals surface area contributed by atoms with Crippen LogP contribution in [0.4, 0.5) is 0 Å². The molecule has 0 aliphatic heterocycles. The minimum atomic E-state index is 0.965. The summed E-state index contributed by atoms with van der Waals surface area (Å²) in [4.78, 5) is 9.14. The zero-order chi connectivity index (χ0) is 12.1. The summed E-state index contributed by atoms with van der Waals surface area (Å²) in [6, 6.07) is 6.31. The molecular weight excluding hydrogens is 222 g/mol. The zero-order valence-corrected chi connectivity index (χ0v) is 10.2. The molecule has 0 amide bonds. The van der Waals surface area contributed by atoms with Gasteiger partial charge in [0.25, 0.3) is 0 Å². The maximum atomic E-state index is 4.64. The Morgan fingerprint density at radius 2 is 2.22 bits per heavy atom. The van der Waals surface area contributed by atoms with Crippen LogP contribution in [0.1, 0.15) is 23.4 Å². The molecule has 1 aliphatic rings. The molecule has 88 valence electrons. The Labute approximate surface area is 105 Å². The van der Waals surface area contributed by atoms with Gasteiger partial charge in [0, 0.05) is 5.69 Å². The molecule has 1 aliphatic carbocycles. The zero-order valence-electron chi connectivity index (χ0n) is 10.2. The molecule has 0 bridgehead atoms. The Morgan fingerprint density at radius 3 is 3.17 bits per heavy atom. The molecule has 3 nitrogen and oxygen atoms in total. The fourth-order valence-corrected chi connectivity index (χ4v) is 2.68. The molecule has 3 heterocycles. The van der Waals surface area contributed by atoms with E-state index in [4.69, 9.17) is 0 Å². The molecule has 0 radical (unpaired) electrons. The lowest BCUT2D eigenvalue weighted by Gasteiger charge is -2.06. The smallest absolute Gasteiger partial charge is 0.113 e. The highest BCUT2D eigenvalue weighted by molar-refractivity contribution is 5.91. The van der Waals surface area contributed by atoms with Gasteiger partial charge in [-0.3, -0.25) is 4.40 Å². The number of hydrogen-bond donors (Lipinski definition) is 0. The predicted molar refractivity (Wildman–Crippen MR) is 72.6 cm³/mol. The van der Waals surface area contributed by atoms with Crippen molar-refractivity contribution in [1.29, 1.82) is 0 Å². The molecule has 0 atom stereocenters. The van der Waals surface area contributed by atoms with Gasteiger partial charge in [-0.2, -0.15) is 0 Å². The molecule has 3 aromatic rings. The monoisotopic (exact) mass is 235 g/mol. The summed E-state index contributed by atoms with van der Waals surface area (Å²) in [6.45, 7) is 2.02. The lowest BCUT2D eigenvalue weighted by molar-refractivity contribution is 0.967. The van der Waals surface area contributed by atoms with Gasteiger partial charge in [0.2, 0.25) is 0 Å². The van der Waals surface area contributed by atoms with E-state index in [0.29, 0.717) is 0 Å². The average molecular weight is 235 g/mol. The van der Waals surface area contributed by atoms with Gasteiger partial charge in [0.05, 0.1) is 16.7 Å². The first-order chi connectivity index (χ1) is 8.83. The number of hydrogen-bond acceptors (Lipinski definition) is 2. The number of pyridine rings is 1. The van der Waals surface area contributed by atoms with Crippen LogP contribution in [0.15, 0.2) is 30.6 Å². The maximum absolute atomic E-state index is 4.64. The van der Waals surface area contributed by atoms with Crippen LogP contribution in [0, 0.1) is 6.92 Å². The van der Waals surface area contributed by atoms with Crippen molar-refractivity contribution in [2.24, 2.45) is 0 Å². The molecule has 0 fully saturated rings. The van der Waals surface area contributed by atoms with Gasteiger partial charge in [0.1, 0.15) is 11.8 Å². The molecule has 3 aromatic heterocycles. The van der Waals surface area contributed by atoms with E-state index in [1.165, 1.54) is 16.8 Å². The fourth-order valence-electron chi connectivity index (χ4n) is 2.68. The van der Waals surface area contributed by atoms with Gasteiger partial charge in [-0.15, -0.1) is 0 Å². The summed E-state index contributed by atoms with van der Waals surface area (Å²) in [7, 11) is 0. The van der Waals surface area contributed by atoms with Crippen molar-refractivity contribution < 1.29 is 0 Å². The van der Waals surface area contributed by atoms with Crippen LogP contribution in [0.25, 0.3) is 22.6 Å². The SMILES string of the molecule is Cc1ccc2ncn3c4c(cc3c2n1)CCC=C4. The third-order valence-electron chi connectivity index (χ3n) is 3.58. The van der Waals surface area contributed by atoms with Crippen LogP contribution >= 0.6 is 0 Å². The number of aromatic nitrogens is 3. The first kappa shape index (κ1) is 9.83. The standard InChI is InChI=1S/C15H13N3/c1-10-6-7-12-15(17-10)14-8-11-4-2-3-5-13(11)18(14)9-16-12/h3,5-9H,2,4H2,1H3. The van der Waals surface area contributed by atoms with Gasteiger partial charge >= 0.3 is 0 Å². The first-order valence-corrected chi connectivity index (χ1v) is 6.26. The Morgan fingerprint density at radius 1 is 1.28 bits per heavy atom. The molecule has 0 saturated carbocycles. The summed E-state index contributed by atoms with van der Waals surface area (Å²) in [5.41, 5.74) is 6.82. The van der Waals surface area contributed by atoms with E-state index < -0.39 is 0 Å². The summed E-state index contributed by atoms with van der Waals surface area (Å²) in [6.07, 6.45) is 8.56. The Balaban J connectivity index is 2.19. The quantitative estimate of drug-likeness (QED) is 0.599. The van der Waals surface area contributed by atoms with E-state index in [9.17, 15) is 0 Å². The lowest BCUT2D eigenvalue weighted by atomic mass is 10.0. The average Bonchev–Trinajstić information content (AvgIpc) is 2.78. The van der Waals surface area contributed by atoms with Gasteiger partial charge < -0.3 is 0 Å². The fraction of sp³-hybridized carbons (Fsp3) is 0.200. The van der Waals surface area contributed by atoms with Crippen LogP contribution in [0.3, 0.4) is 0 Å². The number of fused-ring (bicyclic) bond motifs is 5. The van der Waals surface area contributed by atoms with E-state index in [1.807, 2.05) is 25.4 Å². The van der Waals surface area contributed by atoms with Gasteiger partial charge in [0.15, 0.2) is 0 Å². The summed E-state index contributed by atoms with van der Waals surface area (Å²) in [5.74, 6) is 0. The number of allylic oxidation sites excluding steroid dienone is 1. The minimum Gasteiger partial charge on any atom is -0.298 e. The summed E-state index contributed by atoms with van der Waals surface area (Å²) < 4.78 is 2.15. The highest BCUT2D eigenvalue weighted by Gasteiger charge is 2.13. The Kier molecular flexibility index (Phi) is 1.87. The van der Waals surface area contributed by atoms with E-state index in [-0.39, 0.29) is 0 Å². The third kappa shape index (κ3) is 1.24. The van der Waals surface area contributed by atoms with Gasteiger partial charge in [-0.05, 0) is 49.6 Å². The van der Waals surface area contributed by atoms with Crippen LogP contribution < -0.4 is 0 Å². The minimum absolute atomic E-state index is 0.965. The summed E-state index contributed by atoms with van der Waals surface area (Å²) >= 11 is 0. The molecule has 18 heavy (non-hydrogen) atoms. The second-order valence-corrected chi connectivity index (χ2v) is 4.82. The molecule has 4 rings (SSSR count). The van der Waals surface area contributed by atoms with Crippen molar-refractivity contribution >= 4 is 22.6 Å². The van der Waals surface area contributed by atoms with Crippen LogP contribution in [0.5, 0.6) is 0 Å². The van der Waals surface area contributed by atoms with E-state index in [0.717, 1.165) is 29.6 Å².